The molecule has 2 aliphatic rings. The number of aryl methyl sites for hydroxylation is 1. The molecule has 3 rings (SSSR count). The predicted molar refractivity (Wildman–Crippen MR) is 91.0 cm³/mol. The van der Waals surface area contributed by atoms with Gasteiger partial charge >= 0.3 is 0 Å². The van der Waals surface area contributed by atoms with Gasteiger partial charge in [0.15, 0.2) is 0 Å². The van der Waals surface area contributed by atoms with Crippen molar-refractivity contribution < 1.29 is 13.2 Å². The number of rotatable bonds is 5. The molecule has 23 heavy (non-hydrogen) atoms. The molecular weight excluding hydrogens is 332 g/mol. The second-order valence-electron chi connectivity index (χ2n) is 6.48. The monoisotopic (exact) mass is 356 g/mol. The molecule has 0 bridgehead atoms. The van der Waals surface area contributed by atoms with Crippen molar-refractivity contribution in [1.82, 2.24) is 9.21 Å². The van der Waals surface area contributed by atoms with Crippen LogP contribution in [-0.4, -0.2) is 49.2 Å². The van der Waals surface area contributed by atoms with E-state index in [1.807, 2.05) is 17.2 Å². The van der Waals surface area contributed by atoms with Gasteiger partial charge in [-0.1, -0.05) is 6.42 Å². The molecule has 0 unspecified atom stereocenters. The Kier molecular flexibility index (Phi) is 5.08. The fraction of sp³-hybridized carbons (Fsp3) is 0.688. The van der Waals surface area contributed by atoms with Crippen molar-refractivity contribution >= 4 is 27.3 Å². The Balaban J connectivity index is 1.72. The minimum Gasteiger partial charge on any atom is -0.343 e. The van der Waals surface area contributed by atoms with Crippen LogP contribution < -0.4 is 0 Å². The van der Waals surface area contributed by atoms with E-state index in [4.69, 9.17) is 0 Å². The lowest BCUT2D eigenvalue weighted by atomic mass is 10.0. The molecule has 1 amide bonds. The Bertz CT molecular complexity index is 669. The topological polar surface area (TPSA) is 57.7 Å². The van der Waals surface area contributed by atoms with Gasteiger partial charge in [0.25, 0.3) is 10.0 Å². The molecule has 0 aromatic carbocycles. The fourth-order valence-corrected chi connectivity index (χ4v) is 6.56. The number of hydrogen-bond acceptors (Lipinski definition) is 4. The summed E-state index contributed by atoms with van der Waals surface area (Å²) in [6.45, 7) is 4.02. The second-order valence-corrected chi connectivity index (χ2v) is 9.51. The number of likely N-dealkylation sites (tertiary alicyclic amines) is 1. The zero-order valence-electron chi connectivity index (χ0n) is 13.5. The van der Waals surface area contributed by atoms with Crippen LogP contribution in [0.2, 0.25) is 0 Å². The molecule has 2 aliphatic heterocycles. The second kappa shape index (κ2) is 6.91. The summed E-state index contributed by atoms with van der Waals surface area (Å²) >= 11 is 1.30. The first kappa shape index (κ1) is 16.9. The molecule has 0 aliphatic carbocycles. The van der Waals surface area contributed by atoms with Gasteiger partial charge in [-0.25, -0.2) is 8.42 Å². The Labute approximate surface area is 142 Å². The van der Waals surface area contributed by atoms with Crippen LogP contribution in [0.15, 0.2) is 15.7 Å². The lowest BCUT2D eigenvalue weighted by Gasteiger charge is -2.35. The van der Waals surface area contributed by atoms with Gasteiger partial charge < -0.3 is 4.90 Å². The number of thiophene rings is 1. The summed E-state index contributed by atoms with van der Waals surface area (Å²) in [5, 5.41) is 1.88. The van der Waals surface area contributed by atoms with Crippen molar-refractivity contribution in [1.29, 1.82) is 0 Å². The quantitative estimate of drug-likeness (QED) is 0.815. The number of amides is 1. The average Bonchev–Trinajstić information content (AvgIpc) is 3.14. The van der Waals surface area contributed by atoms with Crippen LogP contribution in [0.3, 0.4) is 0 Å². The molecule has 7 heteroatoms. The number of hydrogen-bond donors (Lipinski definition) is 0. The zero-order chi connectivity index (χ0) is 16.4. The van der Waals surface area contributed by atoms with Crippen LogP contribution in [0, 0.1) is 6.92 Å². The summed E-state index contributed by atoms with van der Waals surface area (Å²) in [5.74, 6) is 0.212. The molecule has 0 saturated carbocycles. The van der Waals surface area contributed by atoms with Crippen LogP contribution in [0.1, 0.15) is 44.1 Å². The number of piperidine rings is 1. The van der Waals surface area contributed by atoms with Gasteiger partial charge in [-0.15, -0.1) is 11.3 Å². The lowest BCUT2D eigenvalue weighted by Crippen LogP contribution is -2.45. The van der Waals surface area contributed by atoms with Crippen LogP contribution in [-0.2, 0) is 14.8 Å². The summed E-state index contributed by atoms with van der Waals surface area (Å²) in [6, 6.07) is 1.78. The minimum absolute atomic E-state index is 0.0181. The number of sulfonamides is 1. The van der Waals surface area contributed by atoms with Gasteiger partial charge in [0.2, 0.25) is 5.91 Å². The predicted octanol–water partition coefficient (Wildman–Crippen LogP) is 2.61. The summed E-state index contributed by atoms with van der Waals surface area (Å²) in [7, 11) is -3.40. The fourth-order valence-electron chi connectivity index (χ4n) is 3.48. The molecule has 0 radical (unpaired) electrons. The van der Waals surface area contributed by atoms with Crippen molar-refractivity contribution in [2.45, 2.75) is 55.7 Å². The third-order valence-corrected chi connectivity index (χ3v) is 8.23. The van der Waals surface area contributed by atoms with E-state index in [9.17, 15) is 13.2 Å². The average molecular weight is 357 g/mol. The molecule has 128 valence electrons. The molecule has 5 nitrogen and oxygen atoms in total. The number of carbonyl (C=O) groups is 1. The van der Waals surface area contributed by atoms with Crippen LogP contribution in [0.25, 0.3) is 0 Å². The van der Waals surface area contributed by atoms with Crippen molar-refractivity contribution in [3.63, 3.8) is 0 Å². The van der Waals surface area contributed by atoms with E-state index in [-0.39, 0.29) is 11.9 Å². The van der Waals surface area contributed by atoms with Gasteiger partial charge in [-0.3, -0.25) is 4.79 Å². The highest BCUT2D eigenvalue weighted by Gasteiger charge is 2.34. The van der Waals surface area contributed by atoms with E-state index in [2.05, 4.69) is 0 Å². The van der Waals surface area contributed by atoms with Gasteiger partial charge in [0.1, 0.15) is 4.21 Å². The Morgan fingerprint density at radius 2 is 2.09 bits per heavy atom. The molecular formula is C16H24N2O3S2. The van der Waals surface area contributed by atoms with Crippen molar-refractivity contribution in [2.24, 2.45) is 0 Å². The molecule has 0 N–H and O–H groups in total. The summed E-state index contributed by atoms with van der Waals surface area (Å²) in [6.07, 6.45) is 5.19. The molecule has 0 spiro atoms. The van der Waals surface area contributed by atoms with Gasteiger partial charge in [-0.2, -0.15) is 4.31 Å². The molecule has 1 aromatic rings. The highest BCUT2D eigenvalue weighted by molar-refractivity contribution is 7.91. The van der Waals surface area contributed by atoms with E-state index >= 15 is 0 Å². The Hall–Kier alpha value is -0.920. The highest BCUT2D eigenvalue weighted by atomic mass is 32.2. The smallest absolute Gasteiger partial charge is 0.252 e. The zero-order valence-corrected chi connectivity index (χ0v) is 15.2. The van der Waals surface area contributed by atoms with Crippen molar-refractivity contribution in [3.05, 3.63) is 17.0 Å². The number of nitrogens with zero attached hydrogens (tertiary/aromatic N) is 2. The summed E-state index contributed by atoms with van der Waals surface area (Å²) in [5.41, 5.74) is 0.991. The van der Waals surface area contributed by atoms with E-state index in [0.717, 1.165) is 44.2 Å². The Morgan fingerprint density at radius 3 is 2.74 bits per heavy atom. The first-order valence-corrected chi connectivity index (χ1v) is 10.7. The third kappa shape index (κ3) is 3.61. The SMILES string of the molecule is Cc1csc(S(=O)(=O)N2CCCC[C@@H]2CCN2CCCC2=O)c1. The van der Waals surface area contributed by atoms with E-state index < -0.39 is 10.0 Å². The lowest BCUT2D eigenvalue weighted by molar-refractivity contribution is -0.127. The molecule has 1 aromatic heterocycles. The van der Waals surface area contributed by atoms with E-state index in [1.54, 1.807) is 10.4 Å². The number of carbonyl (C=O) groups excluding carboxylic acids is 1. The first-order chi connectivity index (χ1) is 11.0. The van der Waals surface area contributed by atoms with E-state index in [0.29, 0.717) is 23.7 Å². The largest absolute Gasteiger partial charge is 0.343 e. The summed E-state index contributed by atoms with van der Waals surface area (Å²) < 4.78 is 28.0. The van der Waals surface area contributed by atoms with Crippen LogP contribution in [0.4, 0.5) is 0 Å². The molecule has 2 fully saturated rings. The normalized spacial score (nSPS) is 23.6. The van der Waals surface area contributed by atoms with Gasteiger partial charge in [0, 0.05) is 32.1 Å². The maximum atomic E-state index is 12.9. The van der Waals surface area contributed by atoms with Crippen molar-refractivity contribution in [3.8, 4) is 0 Å². The maximum Gasteiger partial charge on any atom is 0.252 e. The molecule has 1 atom stereocenters. The van der Waals surface area contributed by atoms with Crippen LogP contribution in [0.5, 0.6) is 0 Å². The van der Waals surface area contributed by atoms with Crippen LogP contribution >= 0.6 is 11.3 Å². The maximum absolute atomic E-state index is 12.9. The minimum atomic E-state index is -3.40. The van der Waals surface area contributed by atoms with Crippen molar-refractivity contribution in [2.75, 3.05) is 19.6 Å². The molecule has 3 heterocycles. The Morgan fingerprint density at radius 1 is 1.26 bits per heavy atom. The van der Waals surface area contributed by atoms with E-state index in [1.165, 1.54) is 11.3 Å². The summed E-state index contributed by atoms with van der Waals surface area (Å²) in [4.78, 5) is 13.6. The third-order valence-electron chi connectivity index (χ3n) is 4.75. The van der Waals surface area contributed by atoms with Gasteiger partial charge in [0.05, 0.1) is 0 Å². The standard InChI is InChI=1S/C16H24N2O3S2/c1-13-11-16(22-12-13)23(20,21)18-9-3-2-5-14(18)7-10-17-8-4-6-15(17)19/h11-12,14H,2-10H2,1H3/t14-/m1/s1. The highest BCUT2D eigenvalue weighted by Crippen LogP contribution is 2.30. The molecule has 2 saturated heterocycles. The first-order valence-electron chi connectivity index (χ1n) is 8.33. The van der Waals surface area contributed by atoms with Gasteiger partial charge in [-0.05, 0) is 49.6 Å².